The van der Waals surface area contributed by atoms with Crippen molar-refractivity contribution in [3.63, 3.8) is 0 Å². The lowest BCUT2D eigenvalue weighted by Crippen LogP contribution is -2.58. The lowest BCUT2D eigenvalue weighted by Gasteiger charge is -2.44. The molecule has 1 aromatic rings. The zero-order valence-corrected chi connectivity index (χ0v) is 20.0. The Morgan fingerprint density at radius 3 is 2.35 bits per heavy atom. The van der Waals surface area contributed by atoms with Crippen LogP contribution in [-0.2, 0) is 16.0 Å². The molecule has 0 N–H and O–H groups in total. The molecule has 0 radical (unpaired) electrons. The van der Waals surface area contributed by atoms with Gasteiger partial charge in [0.2, 0.25) is 0 Å². The molecule has 31 heavy (non-hydrogen) atoms. The molecule has 1 aromatic carbocycles. The molecule has 0 aliphatic carbocycles. The molecule has 0 unspecified atom stereocenters. The maximum Gasteiger partial charge on any atom is 0.327 e. The van der Waals surface area contributed by atoms with Crippen LogP contribution in [0.2, 0.25) is 0 Å². The largest absolute Gasteiger partial charge is 0.497 e. The van der Waals surface area contributed by atoms with Crippen molar-refractivity contribution in [2.45, 2.75) is 37.8 Å². The Hall–Kier alpha value is -1.77. The van der Waals surface area contributed by atoms with Crippen molar-refractivity contribution >= 4 is 23.7 Å². The van der Waals surface area contributed by atoms with Crippen LogP contribution in [-0.4, -0.2) is 97.2 Å². The van der Waals surface area contributed by atoms with Gasteiger partial charge in [0.25, 0.3) is 5.91 Å². The van der Waals surface area contributed by atoms with E-state index in [0.29, 0.717) is 45.0 Å². The SMILES string of the molecule is COCCN1C(=O)N(CCc2ccc(OC)cc2)C2(CCN([C@@H](C)CSC)CC2)C1=O. The number of urea groups is 1. The Morgan fingerprint density at radius 1 is 1.10 bits per heavy atom. The van der Waals surface area contributed by atoms with E-state index in [4.69, 9.17) is 9.47 Å². The number of carbonyl (C=O) groups excluding carboxylic acids is 2. The molecule has 8 heteroatoms. The van der Waals surface area contributed by atoms with Crippen molar-refractivity contribution < 1.29 is 19.1 Å². The first-order valence-corrected chi connectivity index (χ1v) is 12.3. The van der Waals surface area contributed by atoms with Crippen LogP contribution in [0.4, 0.5) is 4.79 Å². The summed E-state index contributed by atoms with van der Waals surface area (Å²) >= 11 is 1.84. The number of ether oxygens (including phenoxy) is 2. The van der Waals surface area contributed by atoms with Crippen LogP contribution in [0.1, 0.15) is 25.3 Å². The number of piperidine rings is 1. The number of benzene rings is 1. The summed E-state index contributed by atoms with van der Waals surface area (Å²) in [6, 6.07) is 8.18. The number of hydrogen-bond donors (Lipinski definition) is 0. The highest BCUT2D eigenvalue weighted by molar-refractivity contribution is 7.98. The van der Waals surface area contributed by atoms with E-state index >= 15 is 0 Å². The third-order valence-electron chi connectivity index (χ3n) is 6.58. The van der Waals surface area contributed by atoms with Crippen molar-refractivity contribution in [1.29, 1.82) is 0 Å². The molecule has 1 atom stereocenters. The molecule has 172 valence electrons. The van der Waals surface area contributed by atoms with Gasteiger partial charge in [0, 0.05) is 38.5 Å². The monoisotopic (exact) mass is 449 g/mol. The second-order valence-electron chi connectivity index (χ2n) is 8.35. The van der Waals surface area contributed by atoms with Gasteiger partial charge in [-0.25, -0.2) is 4.79 Å². The van der Waals surface area contributed by atoms with Crippen LogP contribution in [0.15, 0.2) is 24.3 Å². The molecule has 2 aliphatic heterocycles. The lowest BCUT2D eigenvalue weighted by molar-refractivity contribution is -0.136. The van der Waals surface area contributed by atoms with Crippen LogP contribution < -0.4 is 4.74 Å². The van der Waals surface area contributed by atoms with Crippen molar-refractivity contribution in [1.82, 2.24) is 14.7 Å². The fourth-order valence-electron chi connectivity index (χ4n) is 4.67. The smallest absolute Gasteiger partial charge is 0.327 e. The molecule has 2 aliphatic rings. The molecule has 2 fully saturated rings. The second-order valence-corrected chi connectivity index (χ2v) is 9.26. The first-order valence-electron chi connectivity index (χ1n) is 10.9. The van der Waals surface area contributed by atoms with E-state index < -0.39 is 5.54 Å². The highest BCUT2D eigenvalue weighted by Crippen LogP contribution is 2.38. The van der Waals surface area contributed by atoms with Gasteiger partial charge in [-0.1, -0.05) is 12.1 Å². The van der Waals surface area contributed by atoms with Crippen molar-refractivity contribution in [3.8, 4) is 5.75 Å². The maximum absolute atomic E-state index is 13.5. The summed E-state index contributed by atoms with van der Waals surface area (Å²) in [5.41, 5.74) is 0.393. The van der Waals surface area contributed by atoms with Crippen molar-refractivity contribution in [3.05, 3.63) is 29.8 Å². The van der Waals surface area contributed by atoms with Gasteiger partial charge in [-0.15, -0.1) is 0 Å². The molecule has 3 amide bonds. The standard InChI is InChI=1S/C23H35N3O4S/c1-18(17-31-4)24-13-10-23(11-14-24)21(27)25(15-16-29-2)22(28)26(23)12-9-19-5-7-20(30-3)8-6-19/h5-8,18H,9-17H2,1-4H3/t18-/m0/s1. The van der Waals surface area contributed by atoms with Crippen LogP contribution in [0.25, 0.3) is 0 Å². The second kappa shape index (κ2) is 10.7. The van der Waals surface area contributed by atoms with Crippen LogP contribution in [0.3, 0.4) is 0 Å². The number of carbonyl (C=O) groups is 2. The third-order valence-corrected chi connectivity index (χ3v) is 7.40. The van der Waals surface area contributed by atoms with Crippen LogP contribution >= 0.6 is 11.8 Å². The molecule has 2 heterocycles. The zero-order valence-electron chi connectivity index (χ0n) is 19.1. The predicted molar refractivity (Wildman–Crippen MR) is 124 cm³/mol. The van der Waals surface area contributed by atoms with Gasteiger partial charge < -0.3 is 14.4 Å². The molecular formula is C23H35N3O4S. The Bertz CT molecular complexity index is 750. The first kappa shape index (κ1) is 23.9. The first-order chi connectivity index (χ1) is 15.0. The van der Waals surface area contributed by atoms with E-state index in [9.17, 15) is 9.59 Å². The number of imide groups is 1. The summed E-state index contributed by atoms with van der Waals surface area (Å²) in [6.07, 6.45) is 4.19. The number of nitrogens with zero attached hydrogens (tertiary/aromatic N) is 3. The van der Waals surface area contributed by atoms with Gasteiger partial charge in [0.05, 0.1) is 20.3 Å². The van der Waals surface area contributed by atoms with Crippen LogP contribution in [0.5, 0.6) is 5.75 Å². The summed E-state index contributed by atoms with van der Waals surface area (Å²) < 4.78 is 10.4. The Kier molecular flexibility index (Phi) is 8.24. The fraction of sp³-hybridized carbons (Fsp3) is 0.652. The average Bonchev–Trinajstić information content (AvgIpc) is 2.97. The van der Waals surface area contributed by atoms with Crippen LogP contribution in [0, 0.1) is 0 Å². The quantitative estimate of drug-likeness (QED) is 0.512. The van der Waals surface area contributed by atoms with Gasteiger partial charge >= 0.3 is 6.03 Å². The maximum atomic E-state index is 13.5. The number of methoxy groups -OCH3 is 2. The summed E-state index contributed by atoms with van der Waals surface area (Å²) in [7, 11) is 3.24. The van der Waals surface area contributed by atoms with Crippen molar-refractivity contribution in [2.24, 2.45) is 0 Å². The average molecular weight is 450 g/mol. The molecule has 0 aromatic heterocycles. The minimum absolute atomic E-state index is 0.0542. The number of thioether (sulfide) groups is 1. The summed E-state index contributed by atoms with van der Waals surface area (Å²) in [6.45, 7) is 5.09. The summed E-state index contributed by atoms with van der Waals surface area (Å²) in [5, 5.41) is 0. The van der Waals surface area contributed by atoms with Gasteiger partial charge in [-0.05, 0) is 50.1 Å². The lowest BCUT2D eigenvalue weighted by atomic mass is 9.85. The third kappa shape index (κ3) is 5.02. The molecule has 1 spiro atoms. The summed E-state index contributed by atoms with van der Waals surface area (Å²) in [4.78, 5) is 32.4. The molecule has 7 nitrogen and oxygen atoms in total. The van der Waals surface area contributed by atoms with E-state index in [-0.39, 0.29) is 11.9 Å². The molecule has 0 saturated carbocycles. The van der Waals surface area contributed by atoms with E-state index in [2.05, 4.69) is 18.1 Å². The summed E-state index contributed by atoms with van der Waals surface area (Å²) in [5.74, 6) is 1.83. The van der Waals surface area contributed by atoms with E-state index in [1.54, 1.807) is 14.2 Å². The minimum Gasteiger partial charge on any atom is -0.497 e. The number of hydrogen-bond acceptors (Lipinski definition) is 6. The van der Waals surface area contributed by atoms with E-state index in [1.165, 1.54) is 4.90 Å². The number of rotatable bonds is 10. The van der Waals surface area contributed by atoms with Crippen molar-refractivity contribution in [2.75, 3.05) is 59.0 Å². The van der Waals surface area contributed by atoms with E-state index in [0.717, 1.165) is 30.2 Å². The minimum atomic E-state index is -0.729. The van der Waals surface area contributed by atoms with Gasteiger partial charge in [-0.3, -0.25) is 14.6 Å². The highest BCUT2D eigenvalue weighted by atomic mass is 32.2. The Morgan fingerprint density at radius 2 is 1.77 bits per heavy atom. The van der Waals surface area contributed by atoms with Gasteiger partial charge in [-0.2, -0.15) is 11.8 Å². The van der Waals surface area contributed by atoms with E-state index in [1.807, 2.05) is 40.9 Å². The molecule has 2 saturated heterocycles. The molecule has 3 rings (SSSR count). The highest BCUT2D eigenvalue weighted by Gasteiger charge is 2.57. The number of likely N-dealkylation sites (tertiary alicyclic amines) is 1. The molecule has 0 bridgehead atoms. The fourth-order valence-corrected chi connectivity index (χ4v) is 5.36. The zero-order chi connectivity index (χ0) is 22.4. The molecular weight excluding hydrogens is 414 g/mol. The Labute approximate surface area is 190 Å². The number of amides is 3. The topological polar surface area (TPSA) is 62.3 Å². The normalized spacial score (nSPS) is 20.0. The van der Waals surface area contributed by atoms with Gasteiger partial charge in [0.1, 0.15) is 11.3 Å². The predicted octanol–water partition coefficient (Wildman–Crippen LogP) is 2.73. The Balaban J connectivity index is 1.76. The van der Waals surface area contributed by atoms with Gasteiger partial charge in [0.15, 0.2) is 0 Å².